The summed E-state index contributed by atoms with van der Waals surface area (Å²) in [6, 6.07) is 2.22. The van der Waals surface area contributed by atoms with Crippen molar-refractivity contribution in [2.75, 3.05) is 38.3 Å². The van der Waals surface area contributed by atoms with Crippen molar-refractivity contribution in [1.29, 1.82) is 0 Å². The van der Waals surface area contributed by atoms with Gasteiger partial charge in [-0.3, -0.25) is 9.59 Å². The van der Waals surface area contributed by atoms with E-state index in [0.717, 1.165) is 12.8 Å². The molecule has 172 valence electrons. The molecule has 0 radical (unpaired) electrons. The highest BCUT2D eigenvalue weighted by Crippen LogP contribution is 2.36. The average molecular weight is 440 g/mol. The highest BCUT2D eigenvalue weighted by atomic mass is 19.3. The molecule has 2 aliphatic heterocycles. The van der Waals surface area contributed by atoms with E-state index in [1.165, 1.54) is 18.0 Å². The SMILES string of the molecule is CNC(=O)C(NC(=O)c1ccc(N2CC(F)(F)C2)c(OCC2CCCO2)n1)C(C)(C)C. The van der Waals surface area contributed by atoms with Crippen LogP contribution in [0.3, 0.4) is 0 Å². The fraction of sp³-hybridized carbons (Fsp3) is 0.667. The lowest BCUT2D eigenvalue weighted by atomic mass is 9.86. The van der Waals surface area contributed by atoms with E-state index in [1.807, 2.05) is 20.8 Å². The number of carbonyl (C=O) groups is 2. The molecule has 0 spiro atoms. The average Bonchev–Trinajstić information content (AvgIpc) is 3.20. The Bertz CT molecular complexity index is 814. The van der Waals surface area contributed by atoms with E-state index < -0.39 is 36.4 Å². The van der Waals surface area contributed by atoms with E-state index in [2.05, 4.69) is 15.6 Å². The van der Waals surface area contributed by atoms with Gasteiger partial charge >= 0.3 is 0 Å². The molecule has 3 rings (SSSR count). The number of ether oxygens (including phenoxy) is 2. The third-order valence-corrected chi connectivity index (χ3v) is 5.34. The van der Waals surface area contributed by atoms with Crippen LogP contribution < -0.4 is 20.3 Å². The Morgan fingerprint density at radius 3 is 2.61 bits per heavy atom. The van der Waals surface area contributed by atoms with E-state index in [0.29, 0.717) is 12.3 Å². The lowest BCUT2D eigenvalue weighted by molar-refractivity contribution is -0.124. The Kier molecular flexibility index (Phi) is 6.68. The minimum Gasteiger partial charge on any atom is -0.473 e. The largest absolute Gasteiger partial charge is 0.473 e. The molecule has 0 bridgehead atoms. The summed E-state index contributed by atoms with van der Waals surface area (Å²) < 4.78 is 38.1. The van der Waals surface area contributed by atoms with Gasteiger partial charge in [0, 0.05) is 13.7 Å². The lowest BCUT2D eigenvalue weighted by Gasteiger charge is -2.40. The van der Waals surface area contributed by atoms with Gasteiger partial charge < -0.3 is 25.0 Å². The molecule has 2 amide bonds. The summed E-state index contributed by atoms with van der Waals surface area (Å²) in [5, 5.41) is 5.26. The molecular weight excluding hydrogens is 410 g/mol. The first-order valence-corrected chi connectivity index (χ1v) is 10.4. The van der Waals surface area contributed by atoms with Crippen LogP contribution in [0.5, 0.6) is 5.88 Å². The highest BCUT2D eigenvalue weighted by Gasteiger charge is 2.45. The number of aromatic nitrogens is 1. The molecule has 0 aromatic carbocycles. The number of hydrogen-bond donors (Lipinski definition) is 2. The molecular formula is C21H30F2N4O4. The van der Waals surface area contributed by atoms with E-state index in [4.69, 9.17) is 9.47 Å². The number of nitrogens with one attached hydrogen (secondary N) is 2. The van der Waals surface area contributed by atoms with Crippen LogP contribution in [0.4, 0.5) is 14.5 Å². The van der Waals surface area contributed by atoms with Gasteiger partial charge in [-0.2, -0.15) is 0 Å². The van der Waals surface area contributed by atoms with Crippen molar-refractivity contribution in [3.63, 3.8) is 0 Å². The molecule has 3 heterocycles. The molecule has 10 heteroatoms. The summed E-state index contributed by atoms with van der Waals surface area (Å²) >= 11 is 0. The summed E-state index contributed by atoms with van der Waals surface area (Å²) in [5.74, 6) is -3.53. The van der Waals surface area contributed by atoms with Crippen molar-refractivity contribution in [1.82, 2.24) is 15.6 Å². The van der Waals surface area contributed by atoms with E-state index >= 15 is 0 Å². The third-order valence-electron chi connectivity index (χ3n) is 5.34. The maximum absolute atomic E-state index is 13.4. The zero-order valence-corrected chi connectivity index (χ0v) is 18.3. The number of alkyl halides is 2. The Labute approximate surface area is 180 Å². The molecule has 2 saturated heterocycles. The second-order valence-corrected chi connectivity index (χ2v) is 9.07. The van der Waals surface area contributed by atoms with E-state index in [9.17, 15) is 18.4 Å². The van der Waals surface area contributed by atoms with E-state index in [-0.39, 0.29) is 30.2 Å². The van der Waals surface area contributed by atoms with Crippen LogP contribution in [-0.2, 0) is 9.53 Å². The summed E-state index contributed by atoms with van der Waals surface area (Å²) in [4.78, 5) is 30.8. The van der Waals surface area contributed by atoms with Crippen molar-refractivity contribution in [2.24, 2.45) is 5.41 Å². The number of likely N-dealkylation sites (N-methyl/N-ethyl adjacent to an activating group) is 1. The molecule has 2 N–H and O–H groups in total. The van der Waals surface area contributed by atoms with Gasteiger partial charge in [-0.1, -0.05) is 20.8 Å². The summed E-state index contributed by atoms with van der Waals surface area (Å²) in [7, 11) is 1.50. The fourth-order valence-electron chi connectivity index (χ4n) is 3.56. The molecule has 2 aliphatic rings. The first kappa shape index (κ1) is 23.2. The summed E-state index contributed by atoms with van der Waals surface area (Å²) in [6.07, 6.45) is 1.68. The van der Waals surface area contributed by atoms with Gasteiger partial charge in [0.2, 0.25) is 11.8 Å². The topological polar surface area (TPSA) is 92.8 Å². The monoisotopic (exact) mass is 440 g/mol. The standard InChI is InChI=1S/C21H30F2N4O4/c1-20(2,3)16(18(29)24-4)26-17(28)14-7-8-15(27-11-21(22,23)12-27)19(25-14)31-10-13-6-5-9-30-13/h7-8,13,16H,5-6,9-12H2,1-4H3,(H,24,29)(H,26,28). The fourth-order valence-corrected chi connectivity index (χ4v) is 3.56. The van der Waals surface area contributed by atoms with Gasteiger partial charge in [0.15, 0.2) is 0 Å². The minimum atomic E-state index is -2.75. The van der Waals surface area contributed by atoms with Gasteiger partial charge in [0.25, 0.3) is 11.8 Å². The minimum absolute atomic E-state index is 0.0385. The second-order valence-electron chi connectivity index (χ2n) is 9.07. The number of nitrogens with zero attached hydrogens (tertiary/aromatic N) is 2. The molecule has 31 heavy (non-hydrogen) atoms. The number of rotatable bonds is 7. The van der Waals surface area contributed by atoms with Crippen LogP contribution in [-0.4, -0.2) is 68.2 Å². The zero-order chi connectivity index (χ0) is 22.8. The number of anilines is 1. The van der Waals surface area contributed by atoms with Crippen LogP contribution in [0, 0.1) is 5.41 Å². The predicted octanol–water partition coefficient (Wildman–Crippen LogP) is 1.99. The molecule has 1 aromatic rings. The summed E-state index contributed by atoms with van der Waals surface area (Å²) in [6.45, 7) is 5.53. The van der Waals surface area contributed by atoms with Gasteiger partial charge in [-0.15, -0.1) is 0 Å². The Balaban J connectivity index is 1.80. The van der Waals surface area contributed by atoms with Gasteiger partial charge in [0.1, 0.15) is 24.0 Å². The molecule has 2 fully saturated rings. The summed E-state index contributed by atoms with van der Waals surface area (Å²) in [5.41, 5.74) is -0.0893. The van der Waals surface area contributed by atoms with Gasteiger partial charge in [-0.05, 0) is 30.4 Å². The van der Waals surface area contributed by atoms with Crippen molar-refractivity contribution in [3.8, 4) is 5.88 Å². The Morgan fingerprint density at radius 2 is 2.06 bits per heavy atom. The quantitative estimate of drug-likeness (QED) is 0.674. The third kappa shape index (κ3) is 5.61. The molecule has 8 nitrogen and oxygen atoms in total. The number of hydrogen-bond acceptors (Lipinski definition) is 6. The smallest absolute Gasteiger partial charge is 0.282 e. The highest BCUT2D eigenvalue weighted by molar-refractivity contribution is 5.96. The van der Waals surface area contributed by atoms with Crippen molar-refractivity contribution in [3.05, 3.63) is 17.8 Å². The maximum atomic E-state index is 13.4. The number of halogens is 2. The predicted molar refractivity (Wildman–Crippen MR) is 111 cm³/mol. The molecule has 2 atom stereocenters. The van der Waals surface area contributed by atoms with Crippen LogP contribution in [0.25, 0.3) is 0 Å². The zero-order valence-electron chi connectivity index (χ0n) is 18.3. The van der Waals surface area contributed by atoms with Crippen molar-refractivity contribution in [2.45, 2.75) is 51.7 Å². The van der Waals surface area contributed by atoms with Crippen LogP contribution in [0.2, 0.25) is 0 Å². The maximum Gasteiger partial charge on any atom is 0.282 e. The molecule has 0 aliphatic carbocycles. The van der Waals surface area contributed by atoms with Gasteiger partial charge in [0.05, 0.1) is 19.2 Å². The Hall–Kier alpha value is -2.49. The Morgan fingerprint density at radius 1 is 1.35 bits per heavy atom. The van der Waals surface area contributed by atoms with Crippen molar-refractivity contribution < 1.29 is 27.8 Å². The first-order chi connectivity index (χ1) is 14.5. The van der Waals surface area contributed by atoms with Crippen LogP contribution >= 0.6 is 0 Å². The molecule has 0 saturated carbocycles. The van der Waals surface area contributed by atoms with E-state index in [1.54, 1.807) is 6.07 Å². The van der Waals surface area contributed by atoms with Crippen molar-refractivity contribution >= 4 is 17.5 Å². The van der Waals surface area contributed by atoms with Crippen LogP contribution in [0.15, 0.2) is 12.1 Å². The molecule has 2 unspecified atom stereocenters. The van der Waals surface area contributed by atoms with Crippen LogP contribution in [0.1, 0.15) is 44.1 Å². The number of pyridine rings is 1. The number of amides is 2. The second kappa shape index (κ2) is 8.94. The number of carbonyl (C=O) groups excluding carboxylic acids is 2. The normalized spacial score (nSPS) is 21.2. The molecule has 1 aromatic heterocycles. The lowest BCUT2D eigenvalue weighted by Crippen LogP contribution is -2.56. The first-order valence-electron chi connectivity index (χ1n) is 10.4. The van der Waals surface area contributed by atoms with Gasteiger partial charge in [-0.25, -0.2) is 13.8 Å².